The fourth-order valence-electron chi connectivity index (χ4n) is 4.44. The molecule has 1 aromatic carbocycles. The van der Waals surface area contributed by atoms with Gasteiger partial charge in [0, 0.05) is 0 Å². The first kappa shape index (κ1) is 21.8. The Morgan fingerprint density at radius 3 is 2.12 bits per heavy atom. The molecule has 1 aliphatic carbocycles. The fourth-order valence-corrected chi connectivity index (χ4v) is 8.78. The number of hydrogen-bond donors (Lipinski definition) is 0. The molecule has 0 heterocycles. The maximum absolute atomic E-state index is 14.4. The van der Waals surface area contributed by atoms with Crippen LogP contribution in [0.3, 0.4) is 0 Å². The second-order valence-corrected chi connectivity index (χ2v) is 19.1. The van der Waals surface area contributed by atoms with Crippen molar-refractivity contribution in [3.8, 4) is 0 Å². The summed E-state index contributed by atoms with van der Waals surface area (Å²) in [6.07, 6.45) is 11.2. The Morgan fingerprint density at radius 1 is 1.04 bits per heavy atom. The monoisotopic (exact) mass is 576 g/mol. The van der Waals surface area contributed by atoms with Crippen molar-refractivity contribution in [2.45, 2.75) is 77.6 Å². The van der Waals surface area contributed by atoms with Crippen molar-refractivity contribution in [2.75, 3.05) is 4.93 Å². The molecule has 0 aliphatic heterocycles. The first-order chi connectivity index (χ1) is 12.0. The van der Waals surface area contributed by atoms with Gasteiger partial charge in [-0.05, 0) is 0 Å². The summed E-state index contributed by atoms with van der Waals surface area (Å²) in [4.78, 5) is 1.99. The van der Waals surface area contributed by atoms with Gasteiger partial charge < -0.3 is 0 Å². The van der Waals surface area contributed by atoms with E-state index in [1.807, 2.05) is 4.93 Å². The summed E-state index contributed by atoms with van der Waals surface area (Å²) in [6, 6.07) is 3.27. The summed E-state index contributed by atoms with van der Waals surface area (Å²) < 4.78 is 29.1. The molecule has 0 aromatic heterocycles. The molecule has 0 bridgehead atoms. The van der Waals surface area contributed by atoms with Crippen molar-refractivity contribution in [3.63, 3.8) is 0 Å². The third-order valence-corrected chi connectivity index (χ3v) is 11.0. The molecule has 25 heavy (non-hydrogen) atoms. The Kier molecular flexibility index (Phi) is 9.40. The molecule has 0 nitrogen and oxygen atoms in total. The van der Waals surface area contributed by atoms with Gasteiger partial charge >= 0.3 is 164 Å². The van der Waals surface area contributed by atoms with Gasteiger partial charge in [-0.3, -0.25) is 0 Å². The first-order valence-electron chi connectivity index (χ1n) is 9.73. The molecule has 0 amide bonds. The van der Waals surface area contributed by atoms with E-state index in [1.165, 1.54) is 44.9 Å². The Morgan fingerprint density at radius 2 is 1.64 bits per heavy atom. The number of benzene rings is 1. The van der Waals surface area contributed by atoms with Gasteiger partial charge in [0.15, 0.2) is 0 Å². The molecule has 0 radical (unpaired) electrons. The predicted molar refractivity (Wildman–Crippen MR) is 122 cm³/mol. The maximum atomic E-state index is 14.4. The first-order valence-corrected chi connectivity index (χ1v) is 19.3. The van der Waals surface area contributed by atoms with Gasteiger partial charge in [0.05, 0.1) is 0 Å². The molecule has 4 heteroatoms. The van der Waals surface area contributed by atoms with E-state index >= 15 is 0 Å². The quantitative estimate of drug-likeness (QED) is 0.166. The van der Waals surface area contributed by atoms with Crippen molar-refractivity contribution >= 4 is 34.5 Å². The molecule has 1 fully saturated rings. The van der Waals surface area contributed by atoms with Gasteiger partial charge in [-0.1, -0.05) is 6.92 Å². The van der Waals surface area contributed by atoms with E-state index in [2.05, 4.69) is 32.5 Å². The van der Waals surface area contributed by atoms with Crippen LogP contribution in [0.5, 0.6) is 0 Å². The second kappa shape index (κ2) is 10.8. The number of unbranched alkanes of at least 4 members (excludes halogenated alkanes) is 1. The molecule has 0 unspecified atom stereocenters. The summed E-state index contributed by atoms with van der Waals surface area (Å²) in [5.74, 6) is 1.42. The van der Waals surface area contributed by atoms with E-state index in [4.69, 9.17) is 0 Å². The Bertz CT molecular complexity index is 514. The zero-order valence-corrected chi connectivity index (χ0v) is 20.1. The standard InChI is InChI=1S/C21H32F2I2/c1-4-6-8-15(7-5-2)16-9-11-17(12-10-16)18-13-19(22)21(25(3)24)20(23)14-18/h13-17H,4-12H2,1-3H3/t15-,16?,17?/m0/s1. The SMILES string of the molecule is CCCC[C@H](CCC)C1CCC(c2cc(F)c(I(C)I)c(F)c2)CC1. The molecule has 1 saturated carbocycles. The van der Waals surface area contributed by atoms with Gasteiger partial charge in [-0.15, -0.1) is 0 Å². The molecule has 2 rings (SSSR count). The predicted octanol–water partition coefficient (Wildman–Crippen LogP) is 8.50. The molecular formula is C21H32F2I2. The van der Waals surface area contributed by atoms with Crippen LogP contribution in [0.4, 0.5) is 8.78 Å². The number of alkyl halides is 1. The Hall–Kier alpha value is 0.540. The fraction of sp³-hybridized carbons (Fsp3) is 0.714. The third-order valence-electron chi connectivity index (χ3n) is 5.76. The zero-order chi connectivity index (χ0) is 18.4. The average Bonchev–Trinajstić information content (AvgIpc) is 2.58. The third kappa shape index (κ3) is 6.01. The Balaban J connectivity index is 2.02. The number of halogens is 4. The summed E-state index contributed by atoms with van der Waals surface area (Å²) in [6.45, 7) is 4.56. The van der Waals surface area contributed by atoms with Crippen LogP contribution in [0.1, 0.15) is 83.1 Å². The molecule has 0 saturated heterocycles. The van der Waals surface area contributed by atoms with E-state index < -0.39 is 15.8 Å². The van der Waals surface area contributed by atoms with Crippen molar-refractivity contribution in [2.24, 2.45) is 11.8 Å². The van der Waals surface area contributed by atoms with Gasteiger partial charge in [0.2, 0.25) is 0 Å². The van der Waals surface area contributed by atoms with Crippen LogP contribution in [-0.2, 0) is 0 Å². The summed E-state index contributed by atoms with van der Waals surface area (Å²) >= 11 is 0.564. The molecule has 144 valence electrons. The van der Waals surface area contributed by atoms with Crippen molar-refractivity contribution < 1.29 is 8.78 Å². The van der Waals surface area contributed by atoms with Crippen molar-refractivity contribution in [1.82, 2.24) is 0 Å². The summed E-state index contributed by atoms with van der Waals surface area (Å²) in [5, 5.41) is 0. The molecule has 1 aromatic rings. The average molecular weight is 576 g/mol. The number of hydrogen-bond acceptors (Lipinski definition) is 0. The minimum atomic E-state index is -1.67. The van der Waals surface area contributed by atoms with E-state index in [0.29, 0.717) is 9.49 Å². The van der Waals surface area contributed by atoms with Crippen LogP contribution in [-0.4, -0.2) is 4.93 Å². The molecule has 1 atom stereocenters. The van der Waals surface area contributed by atoms with Crippen molar-refractivity contribution in [3.05, 3.63) is 32.9 Å². The van der Waals surface area contributed by atoms with Gasteiger partial charge in [0.25, 0.3) is 0 Å². The molecule has 0 N–H and O–H groups in total. The second-order valence-electron chi connectivity index (χ2n) is 7.50. The Labute approximate surface area is 169 Å². The van der Waals surface area contributed by atoms with Crippen LogP contribution in [0.2, 0.25) is 0 Å². The zero-order valence-electron chi connectivity index (χ0n) is 15.8. The van der Waals surface area contributed by atoms with E-state index in [1.54, 1.807) is 12.1 Å². The van der Waals surface area contributed by atoms with Gasteiger partial charge in [-0.25, -0.2) is 0 Å². The normalized spacial score (nSPS) is 22.7. The van der Waals surface area contributed by atoms with Crippen LogP contribution in [0.25, 0.3) is 0 Å². The molecule has 0 spiro atoms. The van der Waals surface area contributed by atoms with Crippen LogP contribution in [0.15, 0.2) is 12.1 Å². The summed E-state index contributed by atoms with van der Waals surface area (Å²) in [5.41, 5.74) is 0.895. The van der Waals surface area contributed by atoms with Crippen molar-refractivity contribution in [1.29, 1.82) is 0 Å². The van der Waals surface area contributed by atoms with Gasteiger partial charge in [-0.2, -0.15) is 0 Å². The van der Waals surface area contributed by atoms with E-state index in [9.17, 15) is 8.78 Å². The molecular weight excluding hydrogens is 544 g/mol. The van der Waals surface area contributed by atoms with Crippen LogP contribution >= 0.6 is 34.5 Å². The number of rotatable bonds is 8. The van der Waals surface area contributed by atoms with Crippen LogP contribution in [0, 0.1) is 27.0 Å². The van der Waals surface area contributed by atoms with Gasteiger partial charge in [0.1, 0.15) is 0 Å². The minimum absolute atomic E-state index is 0.300. The summed E-state index contributed by atoms with van der Waals surface area (Å²) in [7, 11) is 0. The van der Waals surface area contributed by atoms with Crippen LogP contribution < -0.4 is 0 Å². The van der Waals surface area contributed by atoms with E-state index in [0.717, 1.165) is 30.2 Å². The molecule has 1 aliphatic rings. The topological polar surface area (TPSA) is 0 Å². The van der Waals surface area contributed by atoms with E-state index in [-0.39, 0.29) is 11.6 Å².